The predicted octanol–water partition coefficient (Wildman–Crippen LogP) is -1.51. The van der Waals surface area contributed by atoms with Crippen LogP contribution < -0.4 is 6.15 Å². The van der Waals surface area contributed by atoms with Gasteiger partial charge in [-0.2, -0.15) is 0 Å². The third-order valence-electron chi connectivity index (χ3n) is 0.1000. The lowest BCUT2D eigenvalue weighted by atomic mass is 10.8. The van der Waals surface area contributed by atoms with Crippen LogP contribution >= 0.6 is 0 Å². The van der Waals surface area contributed by atoms with Crippen LogP contribution in [0.2, 0.25) is 0 Å². The molecule has 0 saturated carbocycles. The second-order valence-electron chi connectivity index (χ2n) is 0.447. The first-order chi connectivity index (χ1) is 1.91. The van der Waals surface area contributed by atoms with Crippen LogP contribution in [-0.2, 0) is 0 Å². The molecular weight excluding hydrogens is 70.0 g/mol. The molecule has 0 aromatic carbocycles. The molecule has 0 aromatic heterocycles. The van der Waals surface area contributed by atoms with Gasteiger partial charge in [0.25, 0.3) is 0 Å². The lowest BCUT2D eigenvalue weighted by molar-refractivity contribution is 0.186. The number of rotatable bonds is 1. The zero-order chi connectivity index (χ0) is 3.41. The van der Waals surface area contributed by atoms with E-state index in [9.17, 15) is 0 Å². The molecule has 0 saturated heterocycles. The quantitative estimate of drug-likeness (QED) is 0.398. The first-order valence-corrected chi connectivity index (χ1v) is 1.13. The summed E-state index contributed by atoms with van der Waals surface area (Å²) in [4.78, 5) is 0. The van der Waals surface area contributed by atoms with E-state index in [4.69, 9.17) is 10.2 Å². The molecule has 5 heavy (non-hydrogen) atoms. The topological polar surface area (TPSA) is 71.0 Å². The fraction of sp³-hybridized carbons (Fsp3) is 1.00. The molecule has 0 aliphatic heterocycles. The summed E-state index contributed by atoms with van der Waals surface area (Å²) in [5.41, 5.74) is 0. The van der Waals surface area contributed by atoms with E-state index in [1.165, 1.54) is 0 Å². The average molecular weight is 76.1 g/mol. The number of hydrogen-bond donors (Lipinski definition) is 2. The van der Waals surface area contributed by atoms with Crippen molar-refractivity contribution in [2.45, 2.75) is 0 Å². The van der Waals surface area contributed by atoms with E-state index in [2.05, 4.69) is 0 Å². The second kappa shape index (κ2) is 9.11. The minimum atomic E-state index is -0.125. The highest BCUT2D eigenvalue weighted by Crippen LogP contribution is 1.39. The molecule has 0 bridgehead atoms. The summed E-state index contributed by atoms with van der Waals surface area (Å²) in [5.74, 6) is 0. The summed E-state index contributed by atoms with van der Waals surface area (Å²) in [6.45, 7) is -0.250. The maximum atomic E-state index is 7.62. The van der Waals surface area contributed by atoms with Crippen LogP contribution in [0, 0.1) is 0 Å². The lowest BCUT2D eigenvalue weighted by Crippen LogP contribution is -1.85. The molecule has 3 heteroatoms. The van der Waals surface area contributed by atoms with E-state index >= 15 is 0 Å². The summed E-state index contributed by atoms with van der Waals surface area (Å²) in [6.07, 6.45) is 0. The van der Waals surface area contributed by atoms with E-state index in [0.717, 1.165) is 0 Å². The normalized spacial score (nSPS) is 6.00. The Morgan fingerprint density at radius 1 is 1.00 bits per heavy atom. The van der Waals surface area contributed by atoms with Gasteiger partial charge in [0.1, 0.15) is 0 Å². The number of hydrogen-bond acceptors (Lipinski definition) is 2. The summed E-state index contributed by atoms with van der Waals surface area (Å²) in [7, 11) is 0. The molecule has 3 nitrogen and oxygen atoms in total. The molecule has 0 amide bonds. The monoisotopic (exact) mass is 76.0 g/mol. The number of nitrogens with zero attached hydrogens (tertiary/aromatic N) is 1. The Morgan fingerprint density at radius 2 is 1.20 bits per heavy atom. The average Bonchev–Trinajstić information content (AvgIpc) is 1.37. The maximum Gasteiger partial charge on any atom is 0.0662 e. The van der Waals surface area contributed by atoms with Crippen molar-refractivity contribution in [3.05, 3.63) is 0 Å². The van der Waals surface area contributed by atoms with Crippen LogP contribution in [0.1, 0.15) is 0 Å². The van der Waals surface area contributed by atoms with E-state index in [1.807, 2.05) is 0 Å². The van der Waals surface area contributed by atoms with Gasteiger partial charge >= 0.3 is 0 Å². The predicted molar refractivity (Wildman–Crippen MR) is 16.3 cm³/mol. The van der Waals surface area contributed by atoms with E-state index in [-0.39, 0.29) is 19.4 Å². The van der Waals surface area contributed by atoms with Crippen molar-refractivity contribution in [2.24, 2.45) is 0 Å². The highest BCUT2D eigenvalue weighted by atomic mass is 16.3. The zero-order valence-corrected chi connectivity index (χ0v) is 2.76. The van der Waals surface area contributed by atoms with Crippen molar-refractivity contribution < 1.29 is 10.2 Å². The molecule has 0 aliphatic rings. The van der Waals surface area contributed by atoms with Gasteiger partial charge in [-0.25, -0.2) is 0 Å². The van der Waals surface area contributed by atoms with Crippen LogP contribution in [0.5, 0.6) is 0 Å². The van der Waals surface area contributed by atoms with Crippen molar-refractivity contribution in [1.82, 2.24) is 6.15 Å². The summed E-state index contributed by atoms with van der Waals surface area (Å²) in [6, 6.07) is 0. The molecule has 0 aliphatic carbocycles. The van der Waals surface area contributed by atoms with Crippen molar-refractivity contribution >= 4 is 0 Å². The second-order valence-corrected chi connectivity index (χ2v) is 0.447. The van der Waals surface area contributed by atoms with Gasteiger partial charge in [-0.05, 0) is 0 Å². The Hall–Kier alpha value is -0.120. The Balaban J connectivity index is 0. The molecule has 3 radical (unpaired) electrons. The van der Waals surface area contributed by atoms with E-state index in [1.54, 1.807) is 0 Å². The van der Waals surface area contributed by atoms with Crippen molar-refractivity contribution in [2.75, 3.05) is 13.2 Å². The van der Waals surface area contributed by atoms with Crippen LogP contribution in [0.15, 0.2) is 0 Å². The molecule has 0 atom stereocenters. The fourth-order valence-corrected chi connectivity index (χ4v) is 0. The van der Waals surface area contributed by atoms with Gasteiger partial charge in [0, 0.05) is 6.15 Å². The van der Waals surface area contributed by atoms with Crippen LogP contribution in [-0.4, -0.2) is 23.4 Å². The molecular formula is C2H6NO2. The molecule has 31 valence electrons. The van der Waals surface area contributed by atoms with E-state index in [0.29, 0.717) is 0 Å². The SMILES string of the molecule is OCCO.[N]. The summed E-state index contributed by atoms with van der Waals surface area (Å²) >= 11 is 0. The maximum absolute atomic E-state index is 7.62. The molecule has 2 N–H and O–H groups in total. The van der Waals surface area contributed by atoms with Gasteiger partial charge in [-0.1, -0.05) is 0 Å². The van der Waals surface area contributed by atoms with Crippen LogP contribution in [0.25, 0.3) is 0 Å². The third-order valence-corrected chi connectivity index (χ3v) is 0.1000. The van der Waals surface area contributed by atoms with Gasteiger partial charge in [-0.3, -0.25) is 0 Å². The molecule has 0 fully saturated rings. The van der Waals surface area contributed by atoms with Gasteiger partial charge in [0.15, 0.2) is 0 Å². The lowest BCUT2D eigenvalue weighted by Gasteiger charge is -1.70. The van der Waals surface area contributed by atoms with Crippen molar-refractivity contribution in [3.8, 4) is 0 Å². The highest BCUT2D eigenvalue weighted by Gasteiger charge is 1.58. The molecule has 0 unspecified atom stereocenters. The molecule has 0 aromatic rings. The largest absolute Gasteiger partial charge is 0.394 e. The third kappa shape index (κ3) is 17.7. The first kappa shape index (κ1) is 8.86. The Morgan fingerprint density at radius 3 is 1.20 bits per heavy atom. The highest BCUT2D eigenvalue weighted by molar-refractivity contribution is 4.06. The number of aliphatic hydroxyl groups excluding tert-OH is 2. The molecule has 0 spiro atoms. The van der Waals surface area contributed by atoms with Crippen LogP contribution in [0.3, 0.4) is 0 Å². The minimum absolute atomic E-state index is 0. The van der Waals surface area contributed by atoms with Crippen molar-refractivity contribution in [3.63, 3.8) is 0 Å². The van der Waals surface area contributed by atoms with E-state index < -0.39 is 0 Å². The van der Waals surface area contributed by atoms with Crippen LogP contribution in [0.4, 0.5) is 0 Å². The fourth-order valence-electron chi connectivity index (χ4n) is 0. The zero-order valence-electron chi connectivity index (χ0n) is 2.76. The Labute approximate surface area is 30.8 Å². The van der Waals surface area contributed by atoms with Gasteiger partial charge in [0.05, 0.1) is 13.2 Å². The standard InChI is InChI=1S/C2H6O2.N/c3-1-2-4;/h3-4H,1-2H2;. The number of aliphatic hydroxyl groups is 2. The molecule has 0 rings (SSSR count). The van der Waals surface area contributed by atoms with Gasteiger partial charge in [-0.15, -0.1) is 0 Å². The molecule has 0 heterocycles. The summed E-state index contributed by atoms with van der Waals surface area (Å²) in [5, 5.41) is 15.2. The van der Waals surface area contributed by atoms with Gasteiger partial charge in [0.2, 0.25) is 0 Å². The Kier molecular flexibility index (Phi) is 16.1. The first-order valence-electron chi connectivity index (χ1n) is 1.13. The van der Waals surface area contributed by atoms with Crippen molar-refractivity contribution in [1.29, 1.82) is 0 Å². The van der Waals surface area contributed by atoms with Gasteiger partial charge < -0.3 is 10.2 Å². The Bertz CT molecular complexity index is 9.61. The smallest absolute Gasteiger partial charge is 0.0662 e. The summed E-state index contributed by atoms with van der Waals surface area (Å²) < 4.78 is 0. The minimum Gasteiger partial charge on any atom is -0.394 e.